The first-order chi connectivity index (χ1) is 16.9. The van der Waals surface area contributed by atoms with Crippen LogP contribution in [0.4, 0.5) is 0 Å². The SMILES string of the molecule is CC(C)c1ccc(OC2CCC3(CC2)SC[C@@H](C(=O)O)N3C(=O)c2cnc3ccccc3c2)cc1. The monoisotopic (exact) mass is 490 g/mol. The molecule has 2 aliphatic rings. The van der Waals surface area contributed by atoms with E-state index in [9.17, 15) is 14.7 Å². The second kappa shape index (κ2) is 9.53. The number of carbonyl (C=O) groups excluding carboxylic acids is 1. The zero-order chi connectivity index (χ0) is 24.6. The number of aliphatic carboxylic acids is 1. The number of fused-ring (bicyclic) bond motifs is 1. The van der Waals surface area contributed by atoms with Gasteiger partial charge in [0.05, 0.1) is 22.1 Å². The van der Waals surface area contributed by atoms with Gasteiger partial charge in [-0.2, -0.15) is 0 Å². The number of rotatable bonds is 5. The van der Waals surface area contributed by atoms with Crippen molar-refractivity contribution in [2.75, 3.05) is 5.75 Å². The Morgan fingerprint density at radius 2 is 1.83 bits per heavy atom. The predicted octanol–water partition coefficient (Wildman–Crippen LogP) is 5.72. The highest BCUT2D eigenvalue weighted by molar-refractivity contribution is 8.01. The van der Waals surface area contributed by atoms with E-state index in [1.807, 2.05) is 42.5 Å². The molecular weight excluding hydrogens is 460 g/mol. The van der Waals surface area contributed by atoms with E-state index in [1.165, 1.54) is 5.56 Å². The third kappa shape index (κ3) is 4.61. The van der Waals surface area contributed by atoms with Crippen molar-refractivity contribution < 1.29 is 19.4 Å². The van der Waals surface area contributed by atoms with E-state index >= 15 is 0 Å². The van der Waals surface area contributed by atoms with Crippen molar-refractivity contribution >= 4 is 34.5 Å². The van der Waals surface area contributed by atoms with Gasteiger partial charge < -0.3 is 14.7 Å². The number of amides is 1. The summed E-state index contributed by atoms with van der Waals surface area (Å²) in [5.74, 6) is 0.503. The van der Waals surface area contributed by atoms with E-state index in [0.717, 1.165) is 29.5 Å². The van der Waals surface area contributed by atoms with E-state index in [2.05, 4.69) is 31.0 Å². The van der Waals surface area contributed by atoms with Crippen LogP contribution in [0.2, 0.25) is 0 Å². The number of thioether (sulfide) groups is 1. The maximum atomic E-state index is 13.7. The normalized spacial score (nSPS) is 24.3. The summed E-state index contributed by atoms with van der Waals surface area (Å²) in [6.45, 7) is 4.34. The molecule has 1 atom stereocenters. The van der Waals surface area contributed by atoms with Crippen LogP contribution in [0.25, 0.3) is 10.9 Å². The van der Waals surface area contributed by atoms with Gasteiger partial charge in [0.25, 0.3) is 5.91 Å². The fourth-order valence-corrected chi connectivity index (χ4v) is 6.80. The Morgan fingerprint density at radius 3 is 2.51 bits per heavy atom. The number of carboxylic acids is 1. The molecule has 7 heteroatoms. The Balaban J connectivity index is 1.34. The van der Waals surface area contributed by atoms with Gasteiger partial charge in [-0.1, -0.05) is 44.2 Å². The summed E-state index contributed by atoms with van der Waals surface area (Å²) >= 11 is 1.60. The lowest BCUT2D eigenvalue weighted by Crippen LogP contribution is -2.54. The average molecular weight is 491 g/mol. The van der Waals surface area contributed by atoms with Gasteiger partial charge >= 0.3 is 5.97 Å². The summed E-state index contributed by atoms with van der Waals surface area (Å²) < 4.78 is 6.26. The van der Waals surface area contributed by atoms with Gasteiger partial charge in [-0.15, -0.1) is 11.8 Å². The quantitative estimate of drug-likeness (QED) is 0.493. The number of benzene rings is 2. The molecule has 0 radical (unpaired) electrons. The molecule has 1 N–H and O–H groups in total. The first-order valence-corrected chi connectivity index (χ1v) is 13.2. The lowest BCUT2D eigenvalue weighted by molar-refractivity contribution is -0.142. The molecule has 1 amide bonds. The van der Waals surface area contributed by atoms with Gasteiger partial charge in [0, 0.05) is 17.3 Å². The van der Waals surface area contributed by atoms with Crippen molar-refractivity contribution in [1.29, 1.82) is 0 Å². The molecule has 5 rings (SSSR count). The van der Waals surface area contributed by atoms with Crippen molar-refractivity contribution in [1.82, 2.24) is 9.88 Å². The number of hydrogen-bond acceptors (Lipinski definition) is 5. The van der Waals surface area contributed by atoms with E-state index in [1.54, 1.807) is 22.9 Å². The van der Waals surface area contributed by atoms with Crippen molar-refractivity contribution in [2.45, 2.75) is 62.5 Å². The molecular formula is C28H30N2O4S. The van der Waals surface area contributed by atoms with Gasteiger partial charge in [0.1, 0.15) is 11.8 Å². The van der Waals surface area contributed by atoms with Crippen LogP contribution in [0.3, 0.4) is 0 Å². The largest absolute Gasteiger partial charge is 0.490 e. The highest BCUT2D eigenvalue weighted by atomic mass is 32.2. The minimum absolute atomic E-state index is 0.0503. The number of para-hydroxylation sites is 1. The van der Waals surface area contributed by atoms with Crippen LogP contribution in [-0.4, -0.2) is 49.6 Å². The fraction of sp³-hybridized carbons (Fsp3) is 0.393. The Hall–Kier alpha value is -3.06. The molecule has 1 saturated heterocycles. The summed E-state index contributed by atoms with van der Waals surface area (Å²) in [6, 6.07) is 16.8. The standard InChI is InChI=1S/C28H30N2O4S/c1-18(2)19-7-9-22(10-8-19)34-23-11-13-28(14-12-23)30(25(17-35-28)27(32)33)26(31)21-15-20-5-3-4-6-24(20)29-16-21/h3-10,15-16,18,23,25H,11-14,17H2,1-2H3,(H,32,33)/t23?,25-,28?/m0/s1. The Labute approximate surface area is 209 Å². The Bertz CT molecular complexity index is 1240. The van der Waals surface area contributed by atoms with Crippen LogP contribution < -0.4 is 4.74 Å². The second-order valence-corrected chi connectivity index (χ2v) is 11.1. The van der Waals surface area contributed by atoms with Crippen LogP contribution in [0.1, 0.15) is 61.4 Å². The lowest BCUT2D eigenvalue weighted by atomic mass is 9.89. The molecule has 35 heavy (non-hydrogen) atoms. The number of pyridine rings is 1. The molecule has 1 aromatic heterocycles. The average Bonchev–Trinajstić information content (AvgIpc) is 3.24. The molecule has 182 valence electrons. The summed E-state index contributed by atoms with van der Waals surface area (Å²) in [6.07, 6.45) is 4.55. The van der Waals surface area contributed by atoms with Crippen molar-refractivity contribution in [3.8, 4) is 5.75 Å². The van der Waals surface area contributed by atoms with E-state index < -0.39 is 16.9 Å². The molecule has 0 unspecified atom stereocenters. The first kappa shape index (κ1) is 23.7. The maximum absolute atomic E-state index is 13.7. The van der Waals surface area contributed by atoms with Crippen LogP contribution in [0.15, 0.2) is 60.8 Å². The molecule has 6 nitrogen and oxygen atoms in total. The van der Waals surface area contributed by atoms with Gasteiger partial charge in [-0.3, -0.25) is 9.78 Å². The maximum Gasteiger partial charge on any atom is 0.327 e. The van der Waals surface area contributed by atoms with Crippen LogP contribution in [0.5, 0.6) is 5.75 Å². The van der Waals surface area contributed by atoms with Crippen LogP contribution >= 0.6 is 11.8 Å². The minimum Gasteiger partial charge on any atom is -0.490 e. The van der Waals surface area contributed by atoms with Gasteiger partial charge in [-0.25, -0.2) is 4.79 Å². The Kier molecular flexibility index (Phi) is 6.45. The van der Waals surface area contributed by atoms with Crippen molar-refractivity contribution in [3.63, 3.8) is 0 Å². The zero-order valence-corrected chi connectivity index (χ0v) is 20.8. The summed E-state index contributed by atoms with van der Waals surface area (Å²) in [5.41, 5.74) is 2.52. The highest BCUT2D eigenvalue weighted by Gasteiger charge is 2.53. The highest BCUT2D eigenvalue weighted by Crippen LogP contribution is 2.50. The van der Waals surface area contributed by atoms with E-state index in [-0.39, 0.29) is 12.0 Å². The topological polar surface area (TPSA) is 79.7 Å². The number of nitrogens with zero attached hydrogens (tertiary/aromatic N) is 2. The molecule has 2 heterocycles. The first-order valence-electron chi connectivity index (χ1n) is 12.2. The third-order valence-electron chi connectivity index (χ3n) is 7.17. The van der Waals surface area contributed by atoms with Crippen LogP contribution in [-0.2, 0) is 4.79 Å². The number of ether oxygens (including phenoxy) is 1. The fourth-order valence-electron chi connectivity index (χ4n) is 5.17. The molecule has 1 aliphatic carbocycles. The minimum atomic E-state index is -0.958. The zero-order valence-electron chi connectivity index (χ0n) is 20.0. The molecule has 3 aromatic rings. The molecule has 2 fully saturated rings. The smallest absolute Gasteiger partial charge is 0.327 e. The van der Waals surface area contributed by atoms with Gasteiger partial charge in [0.2, 0.25) is 0 Å². The van der Waals surface area contributed by atoms with Crippen LogP contribution in [0, 0.1) is 0 Å². The Morgan fingerprint density at radius 1 is 1.11 bits per heavy atom. The predicted molar refractivity (Wildman–Crippen MR) is 138 cm³/mol. The number of hydrogen-bond donors (Lipinski definition) is 1. The van der Waals surface area contributed by atoms with E-state index in [0.29, 0.717) is 30.1 Å². The van der Waals surface area contributed by atoms with Gasteiger partial charge in [0.15, 0.2) is 0 Å². The van der Waals surface area contributed by atoms with E-state index in [4.69, 9.17) is 4.74 Å². The molecule has 1 spiro atoms. The van der Waals surface area contributed by atoms with Crippen molar-refractivity contribution in [2.24, 2.45) is 0 Å². The number of carbonyl (C=O) groups is 2. The lowest BCUT2D eigenvalue weighted by Gasteiger charge is -2.43. The summed E-state index contributed by atoms with van der Waals surface area (Å²) in [5, 5.41) is 10.8. The van der Waals surface area contributed by atoms with Gasteiger partial charge in [-0.05, 0) is 61.4 Å². The second-order valence-electron chi connectivity index (χ2n) is 9.74. The summed E-state index contributed by atoms with van der Waals surface area (Å²) in [4.78, 5) is 31.4. The molecule has 2 aromatic carbocycles. The summed E-state index contributed by atoms with van der Waals surface area (Å²) in [7, 11) is 0. The molecule has 0 bridgehead atoms. The number of aromatic nitrogens is 1. The molecule has 1 saturated carbocycles. The van der Waals surface area contributed by atoms with Crippen molar-refractivity contribution in [3.05, 3.63) is 71.9 Å². The number of carboxylic acid groups (broad SMARTS) is 1. The molecule has 1 aliphatic heterocycles. The third-order valence-corrected chi connectivity index (χ3v) is 8.79.